The topological polar surface area (TPSA) is 66.4 Å². The summed E-state index contributed by atoms with van der Waals surface area (Å²) in [6, 6.07) is 0.179. The van der Waals surface area contributed by atoms with E-state index < -0.39 is 5.97 Å². The fraction of sp³-hybridized carbons (Fsp3) is 0.765. The molecular formula is C17H29NO3. The van der Waals surface area contributed by atoms with Gasteiger partial charge in [-0.2, -0.15) is 0 Å². The highest BCUT2D eigenvalue weighted by atomic mass is 16.4. The van der Waals surface area contributed by atoms with Crippen molar-refractivity contribution in [2.75, 3.05) is 0 Å². The number of carbonyl (C=O) groups excluding carboxylic acids is 1. The second-order valence-electron chi connectivity index (χ2n) is 6.92. The zero-order valence-electron chi connectivity index (χ0n) is 14.0. The zero-order chi connectivity index (χ0) is 16.2. The normalized spacial score (nSPS) is 24.2. The Bertz CT molecular complexity index is 429. The molecule has 0 saturated heterocycles. The molecule has 4 heteroatoms. The van der Waals surface area contributed by atoms with Gasteiger partial charge in [-0.25, -0.2) is 4.79 Å². The van der Waals surface area contributed by atoms with E-state index in [1.165, 1.54) is 13.3 Å². The van der Waals surface area contributed by atoms with Gasteiger partial charge in [0.2, 0.25) is 5.91 Å². The quantitative estimate of drug-likeness (QED) is 0.763. The molecule has 1 saturated carbocycles. The molecule has 1 aliphatic carbocycles. The Kier molecular flexibility index (Phi) is 5.99. The van der Waals surface area contributed by atoms with Crippen molar-refractivity contribution in [1.82, 2.24) is 5.32 Å². The molecule has 0 unspecified atom stereocenters. The average molecular weight is 295 g/mol. The highest BCUT2D eigenvalue weighted by Gasteiger charge is 2.32. The van der Waals surface area contributed by atoms with Gasteiger partial charge in [0.05, 0.1) is 0 Å². The Balaban J connectivity index is 2.55. The van der Waals surface area contributed by atoms with Crippen LogP contribution in [-0.2, 0) is 9.59 Å². The molecule has 0 aromatic heterocycles. The maximum atomic E-state index is 12.1. The van der Waals surface area contributed by atoms with E-state index >= 15 is 0 Å². The van der Waals surface area contributed by atoms with Crippen molar-refractivity contribution >= 4 is 11.9 Å². The van der Waals surface area contributed by atoms with Crippen LogP contribution in [0, 0.1) is 11.3 Å². The molecule has 4 nitrogen and oxygen atoms in total. The first-order valence-corrected chi connectivity index (χ1v) is 7.90. The number of rotatable bonds is 5. The third kappa shape index (κ3) is 4.58. The van der Waals surface area contributed by atoms with Gasteiger partial charge in [-0.3, -0.25) is 4.79 Å². The Hall–Kier alpha value is -1.32. The standard InChI is InChI=1S/C17H29NO3/c1-6-17(4,5)13-7-9-14(10-8-13)18-15(19)11(2)12(3)16(20)21/h13-14H,6-10H2,1-5H3,(H,18,19)(H,20,21). The monoisotopic (exact) mass is 295 g/mol. The van der Waals surface area contributed by atoms with Gasteiger partial charge in [-0.15, -0.1) is 0 Å². The van der Waals surface area contributed by atoms with Crippen molar-refractivity contribution in [3.05, 3.63) is 11.1 Å². The van der Waals surface area contributed by atoms with Crippen LogP contribution in [0.2, 0.25) is 0 Å². The summed E-state index contributed by atoms with van der Waals surface area (Å²) in [5.41, 5.74) is 0.789. The fourth-order valence-electron chi connectivity index (χ4n) is 2.93. The lowest BCUT2D eigenvalue weighted by molar-refractivity contribution is -0.133. The molecule has 120 valence electrons. The molecule has 21 heavy (non-hydrogen) atoms. The molecule has 0 atom stereocenters. The highest BCUT2D eigenvalue weighted by molar-refractivity contribution is 6.01. The van der Waals surface area contributed by atoms with E-state index in [2.05, 4.69) is 26.1 Å². The molecule has 1 amide bonds. The van der Waals surface area contributed by atoms with E-state index in [-0.39, 0.29) is 17.5 Å². The predicted octanol–water partition coefficient (Wildman–Crippen LogP) is 3.52. The van der Waals surface area contributed by atoms with Crippen molar-refractivity contribution < 1.29 is 14.7 Å². The van der Waals surface area contributed by atoms with E-state index in [1.807, 2.05) is 0 Å². The van der Waals surface area contributed by atoms with E-state index in [1.54, 1.807) is 6.92 Å². The van der Waals surface area contributed by atoms with E-state index in [4.69, 9.17) is 5.11 Å². The van der Waals surface area contributed by atoms with Gasteiger partial charge in [-0.1, -0.05) is 27.2 Å². The minimum Gasteiger partial charge on any atom is -0.478 e. The molecule has 1 aliphatic rings. The maximum absolute atomic E-state index is 12.1. The number of hydrogen-bond acceptors (Lipinski definition) is 2. The number of nitrogens with one attached hydrogen (secondary N) is 1. The van der Waals surface area contributed by atoms with E-state index in [0.29, 0.717) is 16.9 Å². The molecule has 1 rings (SSSR count). The van der Waals surface area contributed by atoms with Crippen LogP contribution in [0.5, 0.6) is 0 Å². The van der Waals surface area contributed by atoms with Crippen LogP contribution in [0.1, 0.15) is 66.7 Å². The number of hydrogen-bond donors (Lipinski definition) is 2. The molecule has 0 aromatic carbocycles. The van der Waals surface area contributed by atoms with Gasteiger partial charge >= 0.3 is 5.97 Å². The first-order valence-electron chi connectivity index (χ1n) is 7.90. The van der Waals surface area contributed by atoms with Gasteiger partial charge in [0.1, 0.15) is 0 Å². The lowest BCUT2D eigenvalue weighted by Crippen LogP contribution is -2.40. The van der Waals surface area contributed by atoms with Gasteiger partial charge in [0, 0.05) is 17.2 Å². The van der Waals surface area contributed by atoms with E-state index in [0.717, 1.165) is 25.7 Å². The van der Waals surface area contributed by atoms with Crippen LogP contribution < -0.4 is 5.32 Å². The van der Waals surface area contributed by atoms with Gasteiger partial charge in [0.15, 0.2) is 0 Å². The second kappa shape index (κ2) is 7.10. The molecule has 0 aromatic rings. The van der Waals surface area contributed by atoms with Crippen LogP contribution >= 0.6 is 0 Å². The van der Waals surface area contributed by atoms with Crippen molar-refractivity contribution in [3.8, 4) is 0 Å². The van der Waals surface area contributed by atoms with Crippen LogP contribution in [-0.4, -0.2) is 23.0 Å². The summed E-state index contributed by atoms with van der Waals surface area (Å²) < 4.78 is 0. The van der Waals surface area contributed by atoms with Gasteiger partial charge in [0.25, 0.3) is 0 Å². The SMILES string of the molecule is CCC(C)(C)C1CCC(NC(=O)C(C)=C(C)C(=O)O)CC1. The Labute approximate surface area is 128 Å². The molecule has 0 spiro atoms. The third-order valence-electron chi connectivity index (χ3n) is 5.30. The first kappa shape index (κ1) is 17.7. The minimum absolute atomic E-state index is 0.119. The van der Waals surface area contributed by atoms with Crippen LogP contribution in [0.15, 0.2) is 11.1 Å². The zero-order valence-corrected chi connectivity index (χ0v) is 14.0. The number of amides is 1. The Morgan fingerprint density at radius 2 is 1.62 bits per heavy atom. The van der Waals surface area contributed by atoms with Crippen LogP contribution in [0.3, 0.4) is 0 Å². The number of carbonyl (C=O) groups is 2. The third-order valence-corrected chi connectivity index (χ3v) is 5.30. The maximum Gasteiger partial charge on any atom is 0.331 e. The van der Waals surface area contributed by atoms with Gasteiger partial charge in [-0.05, 0) is 50.9 Å². The summed E-state index contributed by atoms with van der Waals surface area (Å²) in [6.07, 6.45) is 5.41. The molecule has 2 N–H and O–H groups in total. The number of carboxylic acids is 1. The van der Waals surface area contributed by atoms with Crippen molar-refractivity contribution in [3.63, 3.8) is 0 Å². The van der Waals surface area contributed by atoms with Crippen molar-refractivity contribution in [2.45, 2.75) is 72.8 Å². The fourth-order valence-corrected chi connectivity index (χ4v) is 2.93. The average Bonchev–Trinajstić information content (AvgIpc) is 2.46. The summed E-state index contributed by atoms with van der Waals surface area (Å²) in [5.74, 6) is -0.558. The Morgan fingerprint density at radius 1 is 1.10 bits per heavy atom. The molecule has 1 fully saturated rings. The summed E-state index contributed by atoms with van der Waals surface area (Å²) in [7, 11) is 0. The molecule has 0 bridgehead atoms. The first-order chi connectivity index (χ1) is 9.69. The van der Waals surface area contributed by atoms with Crippen LogP contribution in [0.4, 0.5) is 0 Å². The predicted molar refractivity (Wildman–Crippen MR) is 84.0 cm³/mol. The summed E-state index contributed by atoms with van der Waals surface area (Å²) in [4.78, 5) is 22.9. The van der Waals surface area contributed by atoms with Crippen molar-refractivity contribution in [2.24, 2.45) is 11.3 Å². The second-order valence-corrected chi connectivity index (χ2v) is 6.92. The van der Waals surface area contributed by atoms with Crippen molar-refractivity contribution in [1.29, 1.82) is 0 Å². The summed E-state index contributed by atoms with van der Waals surface area (Å²) >= 11 is 0. The van der Waals surface area contributed by atoms with Crippen LogP contribution in [0.25, 0.3) is 0 Å². The largest absolute Gasteiger partial charge is 0.478 e. The van der Waals surface area contributed by atoms with Gasteiger partial charge < -0.3 is 10.4 Å². The molecule has 0 radical (unpaired) electrons. The summed E-state index contributed by atoms with van der Waals surface area (Å²) in [5, 5.41) is 11.9. The highest BCUT2D eigenvalue weighted by Crippen LogP contribution is 2.40. The number of carboxylic acid groups (broad SMARTS) is 1. The van der Waals surface area contributed by atoms with E-state index in [9.17, 15) is 9.59 Å². The lowest BCUT2D eigenvalue weighted by atomic mass is 9.69. The lowest BCUT2D eigenvalue weighted by Gasteiger charge is -2.39. The minimum atomic E-state index is -1.03. The number of aliphatic carboxylic acids is 1. The smallest absolute Gasteiger partial charge is 0.331 e. The molecule has 0 aliphatic heterocycles. The molecular weight excluding hydrogens is 266 g/mol. The molecule has 0 heterocycles. The Morgan fingerprint density at radius 3 is 2.05 bits per heavy atom. The summed E-state index contributed by atoms with van der Waals surface area (Å²) in [6.45, 7) is 9.92.